The summed E-state index contributed by atoms with van der Waals surface area (Å²) in [7, 11) is 1.88. The van der Waals surface area contributed by atoms with Crippen molar-refractivity contribution in [3.05, 3.63) is 24.5 Å². The molecule has 1 aromatic rings. The minimum absolute atomic E-state index is 0. The van der Waals surface area contributed by atoms with E-state index in [0.717, 1.165) is 5.69 Å². The summed E-state index contributed by atoms with van der Waals surface area (Å²) >= 11 is 0. The second-order valence-electron chi connectivity index (χ2n) is 1.49. The van der Waals surface area contributed by atoms with E-state index in [1.165, 1.54) is 0 Å². The molecule has 2 heteroatoms. The number of hydrogen-bond acceptors (Lipinski definition) is 2. The van der Waals surface area contributed by atoms with Gasteiger partial charge in [0.15, 0.2) is 0 Å². The van der Waals surface area contributed by atoms with Gasteiger partial charge in [-0.15, -0.1) is 0 Å². The van der Waals surface area contributed by atoms with Gasteiger partial charge in [-0.1, -0.05) is 0 Å². The van der Waals surface area contributed by atoms with E-state index in [2.05, 4.69) is 10.3 Å². The van der Waals surface area contributed by atoms with Crippen LogP contribution in [0.4, 0.5) is 5.69 Å². The Bertz CT molecular complexity index is 152. The minimum Gasteiger partial charge on any atom is -0.388 e. The predicted molar refractivity (Wildman–Crippen MR) is 35.9 cm³/mol. The third-order valence-electron chi connectivity index (χ3n) is 0.969. The first-order chi connectivity index (χ1) is 3.93. The summed E-state index contributed by atoms with van der Waals surface area (Å²) in [5.74, 6) is 0. The predicted octanol–water partition coefficient (Wildman–Crippen LogP) is 1.37. The van der Waals surface area contributed by atoms with Crippen LogP contribution >= 0.6 is 0 Å². The van der Waals surface area contributed by atoms with Crippen molar-refractivity contribution >= 4 is 5.69 Å². The molecule has 0 amide bonds. The Hall–Kier alpha value is -1.05. The quantitative estimate of drug-likeness (QED) is 0.590. The number of aromatic nitrogens is 1. The van der Waals surface area contributed by atoms with E-state index in [9.17, 15) is 0 Å². The normalized spacial score (nSPS) is 8.62. The van der Waals surface area contributed by atoms with E-state index in [-0.39, 0.29) is 1.43 Å². The number of hydrogen-bond donors (Lipinski definition) is 1. The largest absolute Gasteiger partial charge is 0.388 e. The molecule has 0 aliphatic rings. The van der Waals surface area contributed by atoms with Crippen molar-refractivity contribution in [2.45, 2.75) is 0 Å². The Balaban J connectivity index is 0.000000640. The SMILES string of the molecule is CNc1ccncc1.[HH]. The van der Waals surface area contributed by atoms with Gasteiger partial charge in [-0.05, 0) is 12.1 Å². The van der Waals surface area contributed by atoms with Crippen molar-refractivity contribution < 1.29 is 1.43 Å². The van der Waals surface area contributed by atoms with Crippen LogP contribution in [0.3, 0.4) is 0 Å². The highest BCUT2D eigenvalue weighted by molar-refractivity contribution is 5.39. The molecule has 8 heavy (non-hydrogen) atoms. The molecular weight excluding hydrogens is 100 g/mol. The molecule has 0 aromatic carbocycles. The minimum atomic E-state index is 0. The van der Waals surface area contributed by atoms with Crippen molar-refractivity contribution in [2.75, 3.05) is 12.4 Å². The first kappa shape index (κ1) is 5.09. The van der Waals surface area contributed by atoms with Gasteiger partial charge in [-0.2, -0.15) is 0 Å². The number of rotatable bonds is 1. The van der Waals surface area contributed by atoms with Gasteiger partial charge < -0.3 is 5.32 Å². The van der Waals surface area contributed by atoms with E-state index in [1.807, 2.05) is 19.2 Å². The van der Waals surface area contributed by atoms with Crippen molar-refractivity contribution in [1.29, 1.82) is 0 Å². The second-order valence-corrected chi connectivity index (χ2v) is 1.49. The molecule has 1 N–H and O–H groups in total. The Labute approximate surface area is 50.1 Å². The maximum atomic E-state index is 3.85. The van der Waals surface area contributed by atoms with Gasteiger partial charge in [-0.25, -0.2) is 0 Å². The molecule has 0 saturated heterocycles. The fourth-order valence-electron chi connectivity index (χ4n) is 0.519. The summed E-state index contributed by atoms with van der Waals surface area (Å²) in [6, 6.07) is 3.83. The van der Waals surface area contributed by atoms with E-state index >= 15 is 0 Å². The van der Waals surface area contributed by atoms with Crippen LogP contribution in [0, 0.1) is 0 Å². The maximum Gasteiger partial charge on any atom is 0.0368 e. The smallest absolute Gasteiger partial charge is 0.0368 e. The first-order valence-electron chi connectivity index (χ1n) is 2.51. The zero-order valence-corrected chi connectivity index (χ0v) is 4.76. The molecule has 0 saturated carbocycles. The molecule has 0 radical (unpaired) electrons. The lowest BCUT2D eigenvalue weighted by atomic mass is 10.4. The molecule has 0 fully saturated rings. The summed E-state index contributed by atoms with van der Waals surface area (Å²) in [6.45, 7) is 0. The molecule has 1 aromatic heterocycles. The summed E-state index contributed by atoms with van der Waals surface area (Å²) in [5.41, 5.74) is 1.10. The van der Waals surface area contributed by atoms with E-state index in [0.29, 0.717) is 0 Å². The van der Waals surface area contributed by atoms with Gasteiger partial charge in [0, 0.05) is 26.6 Å². The van der Waals surface area contributed by atoms with Crippen LogP contribution in [0.1, 0.15) is 1.43 Å². The molecule has 1 rings (SSSR count). The van der Waals surface area contributed by atoms with Crippen LogP contribution in [-0.2, 0) is 0 Å². The first-order valence-corrected chi connectivity index (χ1v) is 2.51. The lowest BCUT2D eigenvalue weighted by Gasteiger charge is -1.93. The Morgan fingerprint density at radius 3 is 2.50 bits per heavy atom. The Kier molecular flexibility index (Phi) is 1.47. The number of nitrogens with zero attached hydrogens (tertiary/aromatic N) is 1. The molecule has 0 unspecified atom stereocenters. The van der Waals surface area contributed by atoms with Crippen LogP contribution < -0.4 is 5.32 Å². The van der Waals surface area contributed by atoms with Crippen LogP contribution in [0.25, 0.3) is 0 Å². The molecule has 44 valence electrons. The van der Waals surface area contributed by atoms with Gasteiger partial charge in [-0.3, -0.25) is 4.98 Å². The summed E-state index contributed by atoms with van der Waals surface area (Å²) < 4.78 is 0. The fraction of sp³-hybridized carbons (Fsp3) is 0.167. The Morgan fingerprint density at radius 2 is 2.12 bits per heavy atom. The molecule has 0 aliphatic heterocycles. The van der Waals surface area contributed by atoms with Gasteiger partial charge >= 0.3 is 0 Å². The zero-order valence-electron chi connectivity index (χ0n) is 4.76. The highest BCUT2D eigenvalue weighted by atomic mass is 14.8. The summed E-state index contributed by atoms with van der Waals surface area (Å²) in [4.78, 5) is 3.85. The van der Waals surface area contributed by atoms with Crippen molar-refractivity contribution in [3.8, 4) is 0 Å². The van der Waals surface area contributed by atoms with Crippen molar-refractivity contribution in [1.82, 2.24) is 4.98 Å². The van der Waals surface area contributed by atoms with Crippen LogP contribution in [0.5, 0.6) is 0 Å². The van der Waals surface area contributed by atoms with Crippen molar-refractivity contribution in [3.63, 3.8) is 0 Å². The number of anilines is 1. The Morgan fingerprint density at radius 1 is 1.50 bits per heavy atom. The van der Waals surface area contributed by atoms with E-state index in [1.54, 1.807) is 12.4 Å². The lowest BCUT2D eigenvalue weighted by Crippen LogP contribution is -1.85. The molecule has 0 spiro atoms. The third kappa shape index (κ3) is 0.964. The van der Waals surface area contributed by atoms with E-state index < -0.39 is 0 Å². The average molecular weight is 110 g/mol. The van der Waals surface area contributed by atoms with Crippen LogP contribution in [-0.4, -0.2) is 12.0 Å². The lowest BCUT2D eigenvalue weighted by molar-refractivity contribution is 1.32. The standard InChI is InChI=1S/C6H8N2.H2/c1-7-6-2-4-8-5-3-6;/h2-5H,1H3,(H,7,8);1H. The van der Waals surface area contributed by atoms with Gasteiger partial charge in [0.05, 0.1) is 0 Å². The van der Waals surface area contributed by atoms with Crippen LogP contribution in [0.2, 0.25) is 0 Å². The highest BCUT2D eigenvalue weighted by Crippen LogP contribution is 1.99. The summed E-state index contributed by atoms with van der Waals surface area (Å²) in [6.07, 6.45) is 3.51. The number of pyridine rings is 1. The topological polar surface area (TPSA) is 24.9 Å². The molecule has 2 nitrogen and oxygen atoms in total. The van der Waals surface area contributed by atoms with Crippen LogP contribution in [0.15, 0.2) is 24.5 Å². The highest BCUT2D eigenvalue weighted by Gasteiger charge is 1.78. The fourth-order valence-corrected chi connectivity index (χ4v) is 0.519. The average Bonchev–Trinajstić information content (AvgIpc) is 1.90. The molecule has 0 aliphatic carbocycles. The van der Waals surface area contributed by atoms with Gasteiger partial charge in [0.2, 0.25) is 0 Å². The van der Waals surface area contributed by atoms with Gasteiger partial charge in [0.25, 0.3) is 0 Å². The maximum absolute atomic E-state index is 3.85. The van der Waals surface area contributed by atoms with Crippen molar-refractivity contribution in [2.24, 2.45) is 0 Å². The third-order valence-corrected chi connectivity index (χ3v) is 0.969. The zero-order chi connectivity index (χ0) is 5.82. The number of nitrogens with one attached hydrogen (secondary N) is 1. The second kappa shape index (κ2) is 2.31. The molecule has 1 heterocycles. The van der Waals surface area contributed by atoms with E-state index in [4.69, 9.17) is 0 Å². The molecule has 0 atom stereocenters. The summed E-state index contributed by atoms with van der Waals surface area (Å²) in [5, 5.41) is 2.99. The molecule has 0 bridgehead atoms. The molecular formula is C6H10N2. The monoisotopic (exact) mass is 110 g/mol. The van der Waals surface area contributed by atoms with Gasteiger partial charge in [0.1, 0.15) is 0 Å².